The Kier molecular flexibility index (Phi) is 5.33. The number of amides is 2. The van der Waals surface area contributed by atoms with Crippen molar-refractivity contribution >= 4 is 11.7 Å². The molecule has 0 radical (unpaired) electrons. The molecule has 24 heavy (non-hydrogen) atoms. The van der Waals surface area contributed by atoms with Crippen LogP contribution in [0, 0.1) is 5.92 Å². The fourth-order valence-corrected chi connectivity index (χ4v) is 2.84. The van der Waals surface area contributed by atoms with Crippen LogP contribution in [0.15, 0.2) is 54.6 Å². The summed E-state index contributed by atoms with van der Waals surface area (Å²) in [5, 5.41) is 5.79. The largest absolute Gasteiger partial charge is 0.457 e. The first-order valence-electron chi connectivity index (χ1n) is 8.25. The van der Waals surface area contributed by atoms with Crippen LogP contribution in [0.2, 0.25) is 0 Å². The van der Waals surface area contributed by atoms with Crippen molar-refractivity contribution < 1.29 is 9.53 Å². The first-order chi connectivity index (χ1) is 11.7. The number of hydrogen-bond acceptors (Lipinski definition) is 3. The summed E-state index contributed by atoms with van der Waals surface area (Å²) in [6, 6.07) is 16.8. The van der Waals surface area contributed by atoms with Crippen LogP contribution in [0.5, 0.6) is 11.5 Å². The van der Waals surface area contributed by atoms with Gasteiger partial charge in [-0.05, 0) is 62.3 Å². The van der Waals surface area contributed by atoms with E-state index in [1.807, 2.05) is 54.6 Å². The highest BCUT2D eigenvalue weighted by molar-refractivity contribution is 5.89. The molecule has 2 aromatic rings. The van der Waals surface area contributed by atoms with E-state index in [4.69, 9.17) is 4.74 Å². The smallest absolute Gasteiger partial charge is 0.319 e. The van der Waals surface area contributed by atoms with Crippen molar-refractivity contribution in [3.05, 3.63) is 54.6 Å². The van der Waals surface area contributed by atoms with Crippen molar-refractivity contribution in [1.82, 2.24) is 10.2 Å². The van der Waals surface area contributed by atoms with Crippen LogP contribution >= 0.6 is 0 Å². The molecule has 2 amide bonds. The summed E-state index contributed by atoms with van der Waals surface area (Å²) in [6.07, 6.45) is 1.14. The first-order valence-corrected chi connectivity index (χ1v) is 8.25. The zero-order chi connectivity index (χ0) is 16.8. The minimum absolute atomic E-state index is 0.165. The molecule has 3 rings (SSSR count). The van der Waals surface area contributed by atoms with Gasteiger partial charge in [0.1, 0.15) is 11.5 Å². The number of ether oxygens (including phenoxy) is 1. The predicted molar refractivity (Wildman–Crippen MR) is 95.6 cm³/mol. The predicted octanol–water partition coefficient (Wildman–Crippen LogP) is 3.55. The third-order valence-corrected chi connectivity index (χ3v) is 4.13. The molecule has 1 aliphatic rings. The summed E-state index contributed by atoms with van der Waals surface area (Å²) >= 11 is 0. The maximum absolute atomic E-state index is 12.0. The molecule has 2 N–H and O–H groups in total. The van der Waals surface area contributed by atoms with Gasteiger partial charge in [0.2, 0.25) is 0 Å². The van der Waals surface area contributed by atoms with Crippen LogP contribution in [0.3, 0.4) is 0 Å². The molecule has 0 aliphatic carbocycles. The second-order valence-corrected chi connectivity index (χ2v) is 6.19. The van der Waals surface area contributed by atoms with E-state index >= 15 is 0 Å². The molecule has 1 fully saturated rings. The van der Waals surface area contributed by atoms with Gasteiger partial charge in [-0.25, -0.2) is 4.79 Å². The Morgan fingerprint density at radius 2 is 1.83 bits per heavy atom. The van der Waals surface area contributed by atoms with E-state index in [1.54, 1.807) is 0 Å². The van der Waals surface area contributed by atoms with E-state index in [0.29, 0.717) is 12.5 Å². The molecule has 1 saturated heterocycles. The minimum atomic E-state index is -0.165. The van der Waals surface area contributed by atoms with Gasteiger partial charge in [0, 0.05) is 18.8 Å². The zero-order valence-electron chi connectivity index (χ0n) is 13.9. The molecule has 1 heterocycles. The lowest BCUT2D eigenvalue weighted by Gasteiger charge is -2.13. The highest BCUT2D eigenvalue weighted by Gasteiger charge is 2.19. The van der Waals surface area contributed by atoms with Gasteiger partial charge in [-0.15, -0.1) is 0 Å². The number of carbonyl (C=O) groups is 1. The lowest BCUT2D eigenvalue weighted by atomic mass is 10.1. The summed E-state index contributed by atoms with van der Waals surface area (Å²) in [6.45, 7) is 2.87. The van der Waals surface area contributed by atoms with E-state index in [1.165, 1.54) is 0 Å². The van der Waals surface area contributed by atoms with Crippen LogP contribution in [-0.2, 0) is 0 Å². The number of likely N-dealkylation sites (tertiary alicyclic amines) is 1. The number of carbonyl (C=O) groups excluding carboxylic acids is 1. The molecule has 0 aromatic heterocycles. The molecule has 1 atom stereocenters. The maximum Gasteiger partial charge on any atom is 0.319 e. The third kappa shape index (κ3) is 4.73. The highest BCUT2D eigenvalue weighted by atomic mass is 16.5. The molecule has 1 unspecified atom stereocenters. The van der Waals surface area contributed by atoms with Gasteiger partial charge in [-0.3, -0.25) is 0 Å². The van der Waals surface area contributed by atoms with Crippen LogP contribution in [0.25, 0.3) is 0 Å². The molecule has 2 aromatic carbocycles. The lowest BCUT2D eigenvalue weighted by Crippen LogP contribution is -2.33. The highest BCUT2D eigenvalue weighted by Crippen LogP contribution is 2.22. The quantitative estimate of drug-likeness (QED) is 0.884. The number of anilines is 1. The first kappa shape index (κ1) is 16.3. The van der Waals surface area contributed by atoms with Crippen molar-refractivity contribution in [3.63, 3.8) is 0 Å². The third-order valence-electron chi connectivity index (χ3n) is 4.13. The zero-order valence-corrected chi connectivity index (χ0v) is 13.9. The number of benzene rings is 2. The molecular formula is C19H23N3O2. The molecule has 0 saturated carbocycles. The fourth-order valence-electron chi connectivity index (χ4n) is 2.84. The maximum atomic E-state index is 12.0. The van der Waals surface area contributed by atoms with Gasteiger partial charge in [0.15, 0.2) is 0 Å². The normalized spacial score (nSPS) is 17.5. The van der Waals surface area contributed by atoms with E-state index < -0.39 is 0 Å². The Bertz CT molecular complexity index is 658. The standard InChI is InChI=1S/C19H23N3O2/c1-22-12-11-15(14-22)13-20-19(23)21-16-7-9-18(10-8-16)24-17-5-3-2-4-6-17/h2-10,15H,11-14H2,1H3,(H2,20,21,23). The average Bonchev–Trinajstić information content (AvgIpc) is 3.01. The van der Waals surface area contributed by atoms with E-state index in [9.17, 15) is 4.79 Å². The fraction of sp³-hybridized carbons (Fsp3) is 0.316. The van der Waals surface area contributed by atoms with Gasteiger partial charge in [-0.1, -0.05) is 18.2 Å². The van der Waals surface area contributed by atoms with Gasteiger partial charge >= 0.3 is 6.03 Å². The van der Waals surface area contributed by atoms with Gasteiger partial charge in [0.05, 0.1) is 0 Å². The summed E-state index contributed by atoms with van der Waals surface area (Å²) in [5.41, 5.74) is 0.747. The average molecular weight is 325 g/mol. The van der Waals surface area contributed by atoms with Crippen LogP contribution in [-0.4, -0.2) is 37.6 Å². The molecule has 1 aliphatic heterocycles. The molecule has 5 heteroatoms. The Labute approximate surface area is 142 Å². The van der Waals surface area contributed by atoms with Crippen LogP contribution in [0.1, 0.15) is 6.42 Å². The van der Waals surface area contributed by atoms with Gasteiger partial charge < -0.3 is 20.3 Å². The Balaban J connectivity index is 1.46. The van der Waals surface area contributed by atoms with E-state index in [-0.39, 0.29) is 6.03 Å². The van der Waals surface area contributed by atoms with Crippen LogP contribution in [0.4, 0.5) is 10.5 Å². The van der Waals surface area contributed by atoms with Crippen molar-refractivity contribution in [3.8, 4) is 11.5 Å². The lowest BCUT2D eigenvalue weighted by molar-refractivity contribution is 0.250. The Morgan fingerprint density at radius 3 is 2.50 bits per heavy atom. The van der Waals surface area contributed by atoms with Crippen molar-refractivity contribution in [1.29, 1.82) is 0 Å². The number of rotatable bonds is 5. The van der Waals surface area contributed by atoms with Gasteiger partial charge in [0.25, 0.3) is 0 Å². The van der Waals surface area contributed by atoms with E-state index in [0.717, 1.165) is 36.7 Å². The molecule has 5 nitrogen and oxygen atoms in total. The summed E-state index contributed by atoms with van der Waals surface area (Å²) in [7, 11) is 2.11. The number of nitrogens with one attached hydrogen (secondary N) is 2. The van der Waals surface area contributed by atoms with Crippen molar-refractivity contribution in [2.75, 3.05) is 32.0 Å². The van der Waals surface area contributed by atoms with Crippen LogP contribution < -0.4 is 15.4 Å². The Morgan fingerprint density at radius 1 is 1.12 bits per heavy atom. The van der Waals surface area contributed by atoms with Crippen molar-refractivity contribution in [2.24, 2.45) is 5.92 Å². The molecule has 126 valence electrons. The summed E-state index contributed by atoms with van der Waals surface area (Å²) in [5.74, 6) is 2.07. The number of hydrogen-bond donors (Lipinski definition) is 2. The second kappa shape index (κ2) is 7.84. The molecular weight excluding hydrogens is 302 g/mol. The second-order valence-electron chi connectivity index (χ2n) is 6.19. The van der Waals surface area contributed by atoms with Gasteiger partial charge in [-0.2, -0.15) is 0 Å². The number of para-hydroxylation sites is 1. The molecule has 0 bridgehead atoms. The summed E-state index contributed by atoms with van der Waals surface area (Å²) in [4.78, 5) is 14.2. The van der Waals surface area contributed by atoms with Crippen molar-refractivity contribution in [2.45, 2.75) is 6.42 Å². The summed E-state index contributed by atoms with van der Waals surface area (Å²) < 4.78 is 5.73. The SMILES string of the molecule is CN1CCC(CNC(=O)Nc2ccc(Oc3ccccc3)cc2)C1. The monoisotopic (exact) mass is 325 g/mol. The topological polar surface area (TPSA) is 53.6 Å². The Hall–Kier alpha value is -2.53. The number of urea groups is 1. The van der Waals surface area contributed by atoms with E-state index in [2.05, 4.69) is 22.6 Å². The molecule has 0 spiro atoms. The number of nitrogens with zero attached hydrogens (tertiary/aromatic N) is 1. The minimum Gasteiger partial charge on any atom is -0.457 e.